The molecule has 0 saturated carbocycles. The van der Waals surface area contributed by atoms with E-state index < -0.39 is 0 Å². The van der Waals surface area contributed by atoms with E-state index >= 15 is 0 Å². The van der Waals surface area contributed by atoms with Gasteiger partial charge in [-0.2, -0.15) is 10.4 Å². The molecule has 142 valence electrons. The molecule has 1 aromatic heterocycles. The number of hydrogen-bond acceptors (Lipinski definition) is 7. The minimum Gasteiger partial charge on any atom is -0.493 e. The lowest BCUT2D eigenvalue weighted by atomic mass is 10.1. The van der Waals surface area contributed by atoms with E-state index in [0.717, 1.165) is 22.5 Å². The van der Waals surface area contributed by atoms with E-state index in [2.05, 4.69) is 21.6 Å². The van der Waals surface area contributed by atoms with E-state index in [9.17, 15) is 5.26 Å². The minimum atomic E-state index is 0.231. The standard InChI is InChI=1S/C21H20N4O2S/c1-13-5-7-16(9-14(13)2)24-25-17(11-22)21-23-18(12-28-21)15-6-8-19(26-3)20(10-15)27-4/h5-10,12,24H,1-4H3/b25-17+. The first kappa shape index (κ1) is 19.4. The molecule has 3 aromatic rings. The van der Waals surface area contributed by atoms with Crippen LogP contribution in [0.3, 0.4) is 0 Å². The molecule has 0 aliphatic carbocycles. The number of methoxy groups -OCH3 is 2. The predicted molar refractivity (Wildman–Crippen MR) is 112 cm³/mol. The second kappa shape index (κ2) is 8.55. The Morgan fingerprint density at radius 3 is 2.54 bits per heavy atom. The maximum absolute atomic E-state index is 9.50. The van der Waals surface area contributed by atoms with Gasteiger partial charge in [-0.25, -0.2) is 4.98 Å². The highest BCUT2D eigenvalue weighted by Crippen LogP contribution is 2.32. The summed E-state index contributed by atoms with van der Waals surface area (Å²) in [5, 5.41) is 16.2. The van der Waals surface area contributed by atoms with Gasteiger partial charge < -0.3 is 9.47 Å². The number of hydrazone groups is 1. The van der Waals surface area contributed by atoms with Crippen molar-refractivity contribution in [2.24, 2.45) is 5.10 Å². The maximum atomic E-state index is 9.50. The number of benzene rings is 2. The molecule has 3 rings (SSSR count). The van der Waals surface area contributed by atoms with E-state index in [1.54, 1.807) is 14.2 Å². The lowest BCUT2D eigenvalue weighted by Crippen LogP contribution is -2.01. The zero-order valence-electron chi connectivity index (χ0n) is 16.1. The van der Waals surface area contributed by atoms with Gasteiger partial charge in [0.2, 0.25) is 0 Å². The largest absolute Gasteiger partial charge is 0.493 e. The molecule has 28 heavy (non-hydrogen) atoms. The summed E-state index contributed by atoms with van der Waals surface area (Å²) < 4.78 is 10.6. The average molecular weight is 392 g/mol. The Hall–Kier alpha value is -3.37. The molecule has 0 saturated heterocycles. The molecule has 7 heteroatoms. The second-order valence-electron chi connectivity index (χ2n) is 6.09. The summed E-state index contributed by atoms with van der Waals surface area (Å²) in [4.78, 5) is 4.56. The topological polar surface area (TPSA) is 79.5 Å². The van der Waals surface area contributed by atoms with E-state index in [-0.39, 0.29) is 5.71 Å². The van der Waals surface area contributed by atoms with Crippen molar-refractivity contribution in [3.63, 3.8) is 0 Å². The van der Waals surface area contributed by atoms with E-state index in [1.165, 1.54) is 16.9 Å². The number of thiazole rings is 1. The van der Waals surface area contributed by atoms with Crippen LogP contribution < -0.4 is 14.9 Å². The van der Waals surface area contributed by atoms with Crippen LogP contribution in [-0.4, -0.2) is 24.9 Å². The molecule has 0 spiro atoms. The van der Waals surface area contributed by atoms with Gasteiger partial charge in [-0.05, 0) is 55.3 Å². The summed E-state index contributed by atoms with van der Waals surface area (Å²) in [5.74, 6) is 1.28. The number of nitrogens with one attached hydrogen (secondary N) is 1. The summed E-state index contributed by atoms with van der Waals surface area (Å²) in [5.41, 5.74) is 7.98. The van der Waals surface area contributed by atoms with Crippen LogP contribution in [0.2, 0.25) is 0 Å². The summed E-state index contributed by atoms with van der Waals surface area (Å²) in [7, 11) is 3.18. The van der Waals surface area contributed by atoms with Crippen molar-refractivity contribution in [1.82, 2.24) is 4.98 Å². The molecule has 6 nitrogen and oxygen atoms in total. The Labute approximate surface area is 168 Å². The van der Waals surface area contributed by atoms with E-state index in [1.807, 2.05) is 55.6 Å². The van der Waals surface area contributed by atoms with Crippen molar-refractivity contribution >= 4 is 22.7 Å². The van der Waals surface area contributed by atoms with Gasteiger partial charge in [0.25, 0.3) is 0 Å². The van der Waals surface area contributed by atoms with Gasteiger partial charge in [-0.3, -0.25) is 5.43 Å². The molecule has 1 N–H and O–H groups in total. The molecule has 2 aromatic carbocycles. The Balaban J connectivity index is 1.85. The molecule has 1 heterocycles. The van der Waals surface area contributed by atoms with Crippen LogP contribution >= 0.6 is 11.3 Å². The molecular weight excluding hydrogens is 372 g/mol. The number of nitrogens with zero attached hydrogens (tertiary/aromatic N) is 3. The number of hydrogen-bond donors (Lipinski definition) is 1. The summed E-state index contributed by atoms with van der Waals surface area (Å²) in [6.07, 6.45) is 0. The first-order valence-corrected chi connectivity index (χ1v) is 9.43. The highest BCUT2D eigenvalue weighted by molar-refractivity contribution is 7.12. The fraction of sp³-hybridized carbons (Fsp3) is 0.190. The first-order chi connectivity index (χ1) is 13.5. The zero-order chi connectivity index (χ0) is 20.1. The van der Waals surface area contributed by atoms with Crippen molar-refractivity contribution in [1.29, 1.82) is 5.26 Å². The van der Waals surface area contributed by atoms with Crippen LogP contribution in [-0.2, 0) is 0 Å². The molecule has 0 bridgehead atoms. The molecular formula is C21H20N4O2S. The monoisotopic (exact) mass is 392 g/mol. The Morgan fingerprint density at radius 1 is 1.07 bits per heavy atom. The normalized spacial score (nSPS) is 11.0. The summed E-state index contributed by atoms with van der Waals surface area (Å²) >= 11 is 1.36. The van der Waals surface area contributed by atoms with Crippen LogP contribution in [0.4, 0.5) is 5.69 Å². The van der Waals surface area contributed by atoms with E-state index in [4.69, 9.17) is 9.47 Å². The Morgan fingerprint density at radius 2 is 1.86 bits per heavy atom. The predicted octanol–water partition coefficient (Wildman–Crippen LogP) is 4.78. The number of rotatable bonds is 6. The third-order valence-corrected chi connectivity index (χ3v) is 5.14. The smallest absolute Gasteiger partial charge is 0.196 e. The second-order valence-corrected chi connectivity index (χ2v) is 6.95. The van der Waals surface area contributed by atoms with Gasteiger partial charge in [0.15, 0.2) is 22.2 Å². The van der Waals surface area contributed by atoms with Gasteiger partial charge >= 0.3 is 0 Å². The highest BCUT2D eigenvalue weighted by atomic mass is 32.1. The van der Waals surface area contributed by atoms with Gasteiger partial charge in [-0.15, -0.1) is 11.3 Å². The molecule has 0 atom stereocenters. The highest BCUT2D eigenvalue weighted by Gasteiger charge is 2.13. The van der Waals surface area contributed by atoms with Crippen molar-refractivity contribution in [3.8, 4) is 28.8 Å². The molecule has 0 unspecified atom stereocenters. The van der Waals surface area contributed by atoms with Gasteiger partial charge in [0, 0.05) is 10.9 Å². The number of ether oxygens (including phenoxy) is 2. The van der Waals surface area contributed by atoms with Gasteiger partial charge in [0.1, 0.15) is 6.07 Å². The first-order valence-electron chi connectivity index (χ1n) is 8.55. The van der Waals surface area contributed by atoms with Crippen LogP contribution in [0.25, 0.3) is 11.3 Å². The van der Waals surface area contributed by atoms with Gasteiger partial charge in [0.05, 0.1) is 25.6 Å². The number of aromatic nitrogens is 1. The van der Waals surface area contributed by atoms with Crippen molar-refractivity contribution in [2.45, 2.75) is 13.8 Å². The molecule has 0 radical (unpaired) electrons. The van der Waals surface area contributed by atoms with Crippen molar-refractivity contribution in [2.75, 3.05) is 19.6 Å². The third-order valence-electron chi connectivity index (χ3n) is 4.30. The molecule has 0 amide bonds. The van der Waals surface area contributed by atoms with Crippen LogP contribution in [0, 0.1) is 25.2 Å². The zero-order valence-corrected chi connectivity index (χ0v) is 16.9. The SMILES string of the molecule is COc1ccc(-c2csc(/C(C#N)=N/Nc3ccc(C)c(C)c3)n2)cc1OC. The lowest BCUT2D eigenvalue weighted by molar-refractivity contribution is 0.355. The fourth-order valence-electron chi connectivity index (χ4n) is 2.56. The number of aryl methyl sites for hydroxylation is 2. The number of anilines is 1. The Kier molecular flexibility index (Phi) is 5.92. The summed E-state index contributed by atoms with van der Waals surface area (Å²) in [6, 6.07) is 13.6. The number of nitriles is 1. The molecule has 0 aliphatic rings. The molecule has 0 fully saturated rings. The van der Waals surface area contributed by atoms with Gasteiger partial charge in [-0.1, -0.05) is 6.07 Å². The Bertz CT molecular complexity index is 1070. The third kappa shape index (κ3) is 4.13. The maximum Gasteiger partial charge on any atom is 0.196 e. The van der Waals surface area contributed by atoms with Crippen LogP contribution in [0.1, 0.15) is 16.1 Å². The van der Waals surface area contributed by atoms with Crippen LogP contribution in [0.15, 0.2) is 46.9 Å². The van der Waals surface area contributed by atoms with Crippen LogP contribution in [0.5, 0.6) is 11.5 Å². The molecule has 0 aliphatic heterocycles. The quantitative estimate of drug-likeness (QED) is 0.482. The minimum absolute atomic E-state index is 0.231. The van der Waals surface area contributed by atoms with E-state index in [0.29, 0.717) is 16.5 Å². The van der Waals surface area contributed by atoms with Crippen molar-refractivity contribution < 1.29 is 9.47 Å². The summed E-state index contributed by atoms with van der Waals surface area (Å²) in [6.45, 7) is 4.08. The lowest BCUT2D eigenvalue weighted by Gasteiger charge is -2.08. The average Bonchev–Trinajstić information content (AvgIpc) is 3.20. The van der Waals surface area contributed by atoms with Crippen molar-refractivity contribution in [3.05, 3.63) is 57.9 Å². The fourth-order valence-corrected chi connectivity index (χ4v) is 3.33.